The molecule has 0 aromatic heterocycles. The Morgan fingerprint density at radius 1 is 0.727 bits per heavy atom. The molecule has 0 atom stereocenters. The molecule has 0 amide bonds. The van der Waals surface area contributed by atoms with E-state index >= 15 is 0 Å². The Bertz CT molecular complexity index is 277. The van der Waals surface area contributed by atoms with E-state index in [4.69, 9.17) is 14.2 Å². The Hall–Kier alpha value is -0.450. The summed E-state index contributed by atoms with van der Waals surface area (Å²) in [5.74, 6) is 0.239. The largest absolute Gasteiger partial charge is 0.378 e. The van der Waals surface area contributed by atoms with E-state index in [9.17, 15) is 4.79 Å². The number of hydrogen-bond donors (Lipinski definition) is 0. The van der Waals surface area contributed by atoms with E-state index in [0.717, 1.165) is 0 Å². The van der Waals surface area contributed by atoms with Crippen LogP contribution in [0.4, 0.5) is 0 Å². The van der Waals surface area contributed by atoms with Gasteiger partial charge in [-0.2, -0.15) is 0 Å². The molecule has 0 aliphatic rings. The van der Waals surface area contributed by atoms with Crippen LogP contribution in [0, 0.1) is 11.3 Å². The zero-order valence-corrected chi connectivity index (χ0v) is 15.8. The van der Waals surface area contributed by atoms with Crippen LogP contribution in [-0.2, 0) is 19.0 Å². The fourth-order valence-electron chi connectivity index (χ4n) is 1.88. The molecule has 0 fully saturated rings. The average Bonchev–Trinajstić information content (AvgIpc) is 2.39. The summed E-state index contributed by atoms with van der Waals surface area (Å²) < 4.78 is 17.5. The van der Waals surface area contributed by atoms with Crippen LogP contribution in [0.15, 0.2) is 0 Å². The monoisotopic (exact) mass is 316 g/mol. The Morgan fingerprint density at radius 2 is 1.05 bits per heavy atom. The van der Waals surface area contributed by atoms with Crippen LogP contribution in [0.1, 0.15) is 61.8 Å². The maximum absolute atomic E-state index is 12.3. The summed E-state index contributed by atoms with van der Waals surface area (Å²) in [6.45, 7) is 17.3. The summed E-state index contributed by atoms with van der Waals surface area (Å²) in [5.41, 5.74) is -0.417. The van der Waals surface area contributed by atoms with E-state index < -0.39 is 5.41 Å². The van der Waals surface area contributed by atoms with Crippen molar-refractivity contribution >= 4 is 5.78 Å². The highest BCUT2D eigenvalue weighted by molar-refractivity contribution is 5.81. The van der Waals surface area contributed by atoms with Crippen LogP contribution in [0.3, 0.4) is 0 Å². The van der Waals surface area contributed by atoms with Gasteiger partial charge < -0.3 is 14.2 Å². The zero-order valence-electron chi connectivity index (χ0n) is 15.8. The lowest BCUT2D eigenvalue weighted by atomic mass is 9.82. The average molecular weight is 316 g/mol. The Kier molecular flexibility index (Phi) is 10.1. The molecule has 4 heteroatoms. The van der Waals surface area contributed by atoms with Crippen molar-refractivity contribution in [2.75, 3.05) is 19.8 Å². The lowest BCUT2D eigenvalue weighted by Crippen LogP contribution is -2.42. The third-order valence-corrected chi connectivity index (χ3v) is 3.36. The predicted molar refractivity (Wildman–Crippen MR) is 90.2 cm³/mol. The van der Waals surface area contributed by atoms with Gasteiger partial charge in [-0.05, 0) is 41.5 Å². The molecule has 0 saturated heterocycles. The first-order chi connectivity index (χ1) is 10.1. The van der Waals surface area contributed by atoms with E-state index in [2.05, 4.69) is 0 Å². The fraction of sp³-hybridized carbons (Fsp3) is 0.944. The van der Waals surface area contributed by atoms with Gasteiger partial charge in [0.2, 0.25) is 0 Å². The third kappa shape index (κ3) is 9.54. The standard InChI is InChI=1S/C18H36O4/c1-13(2)17(19)9-18(10-20-14(3)4,11-21-15(5)6)12-22-16(7)8/h13-16H,9-12H2,1-8H3. The van der Waals surface area contributed by atoms with Crippen LogP contribution in [-0.4, -0.2) is 43.9 Å². The SMILES string of the molecule is CC(C)OCC(COC(C)C)(COC(C)C)CC(=O)C(C)C. The first kappa shape index (κ1) is 21.6. The number of Topliss-reactive ketones (excluding diaryl/α,β-unsaturated/α-hetero) is 1. The van der Waals surface area contributed by atoms with Crippen molar-refractivity contribution in [1.82, 2.24) is 0 Å². The van der Waals surface area contributed by atoms with Crippen molar-refractivity contribution in [3.8, 4) is 0 Å². The van der Waals surface area contributed by atoms with Crippen molar-refractivity contribution < 1.29 is 19.0 Å². The van der Waals surface area contributed by atoms with Gasteiger partial charge in [0.25, 0.3) is 0 Å². The minimum atomic E-state index is -0.417. The molecule has 0 spiro atoms. The summed E-state index contributed by atoms with van der Waals surface area (Å²) in [6, 6.07) is 0. The molecular weight excluding hydrogens is 280 g/mol. The fourth-order valence-corrected chi connectivity index (χ4v) is 1.88. The lowest BCUT2D eigenvalue weighted by molar-refractivity contribution is -0.136. The normalized spacial score (nSPS) is 12.9. The number of carbonyl (C=O) groups excluding carboxylic acids is 1. The zero-order chi connectivity index (χ0) is 17.3. The summed E-state index contributed by atoms with van der Waals surface area (Å²) in [7, 11) is 0. The van der Waals surface area contributed by atoms with Crippen LogP contribution in [0.5, 0.6) is 0 Å². The molecule has 0 unspecified atom stereocenters. The molecule has 0 heterocycles. The van der Waals surface area contributed by atoms with E-state index in [-0.39, 0.29) is 30.0 Å². The molecule has 0 aromatic rings. The topological polar surface area (TPSA) is 44.8 Å². The van der Waals surface area contributed by atoms with Crippen LogP contribution in [0.2, 0.25) is 0 Å². The summed E-state index contributed by atoms with van der Waals surface area (Å²) >= 11 is 0. The smallest absolute Gasteiger partial charge is 0.136 e. The Morgan fingerprint density at radius 3 is 1.27 bits per heavy atom. The number of ether oxygens (including phenoxy) is 3. The first-order valence-corrected chi connectivity index (χ1v) is 8.45. The minimum absolute atomic E-state index is 0.0107. The lowest BCUT2D eigenvalue weighted by Gasteiger charge is -2.35. The highest BCUT2D eigenvalue weighted by atomic mass is 16.5. The molecule has 0 radical (unpaired) electrons. The molecular formula is C18H36O4. The van der Waals surface area contributed by atoms with Crippen molar-refractivity contribution in [1.29, 1.82) is 0 Å². The summed E-state index contributed by atoms with van der Waals surface area (Å²) in [5, 5.41) is 0. The number of carbonyl (C=O) groups is 1. The van der Waals surface area contributed by atoms with E-state index in [1.165, 1.54) is 0 Å². The third-order valence-electron chi connectivity index (χ3n) is 3.36. The van der Waals surface area contributed by atoms with Crippen LogP contribution in [0.25, 0.3) is 0 Å². The second-order valence-electron chi connectivity index (χ2n) is 7.38. The van der Waals surface area contributed by atoms with E-state index in [1.54, 1.807) is 0 Å². The van der Waals surface area contributed by atoms with Gasteiger partial charge in [-0.3, -0.25) is 4.79 Å². The molecule has 0 bridgehead atoms. The van der Waals surface area contributed by atoms with Crippen molar-refractivity contribution in [2.24, 2.45) is 11.3 Å². The van der Waals surface area contributed by atoms with Gasteiger partial charge in [0, 0.05) is 17.8 Å². The minimum Gasteiger partial charge on any atom is -0.378 e. The molecule has 4 nitrogen and oxygen atoms in total. The number of rotatable bonds is 12. The Labute approximate surface area is 136 Å². The molecule has 0 rings (SSSR count). The number of ketones is 1. The van der Waals surface area contributed by atoms with Gasteiger partial charge in [-0.15, -0.1) is 0 Å². The van der Waals surface area contributed by atoms with Gasteiger partial charge >= 0.3 is 0 Å². The van der Waals surface area contributed by atoms with Crippen molar-refractivity contribution in [3.05, 3.63) is 0 Å². The molecule has 22 heavy (non-hydrogen) atoms. The van der Waals surface area contributed by atoms with Crippen LogP contribution < -0.4 is 0 Å². The van der Waals surface area contributed by atoms with Gasteiger partial charge in [-0.25, -0.2) is 0 Å². The maximum Gasteiger partial charge on any atom is 0.136 e. The quantitative estimate of drug-likeness (QED) is 0.548. The van der Waals surface area contributed by atoms with E-state index in [1.807, 2.05) is 55.4 Å². The molecule has 0 aromatic carbocycles. The second-order valence-corrected chi connectivity index (χ2v) is 7.38. The first-order valence-electron chi connectivity index (χ1n) is 8.45. The van der Waals surface area contributed by atoms with Gasteiger partial charge in [0.1, 0.15) is 5.78 Å². The maximum atomic E-state index is 12.3. The van der Waals surface area contributed by atoms with Gasteiger partial charge in [0.15, 0.2) is 0 Å². The molecule has 0 N–H and O–H groups in total. The number of hydrogen-bond acceptors (Lipinski definition) is 4. The van der Waals surface area contributed by atoms with Gasteiger partial charge in [-0.1, -0.05) is 13.8 Å². The Balaban J connectivity index is 5.12. The highest BCUT2D eigenvalue weighted by Gasteiger charge is 2.36. The van der Waals surface area contributed by atoms with Crippen LogP contribution >= 0.6 is 0 Å². The molecule has 132 valence electrons. The predicted octanol–water partition coefficient (Wildman–Crippen LogP) is 3.86. The summed E-state index contributed by atoms with van der Waals surface area (Å²) in [6.07, 6.45) is 0.779. The van der Waals surface area contributed by atoms with Crippen molar-refractivity contribution in [3.63, 3.8) is 0 Å². The summed E-state index contributed by atoms with van der Waals surface area (Å²) in [4.78, 5) is 12.3. The van der Waals surface area contributed by atoms with E-state index in [0.29, 0.717) is 26.2 Å². The molecule has 0 saturated carbocycles. The second kappa shape index (κ2) is 10.3. The highest BCUT2D eigenvalue weighted by Crippen LogP contribution is 2.28. The van der Waals surface area contributed by atoms with Gasteiger partial charge in [0.05, 0.1) is 38.1 Å². The molecule has 0 aliphatic carbocycles. The molecule has 0 aliphatic heterocycles. The van der Waals surface area contributed by atoms with Crippen molar-refractivity contribution in [2.45, 2.75) is 80.1 Å².